The first-order valence-corrected chi connectivity index (χ1v) is 11.4. The van der Waals surface area contributed by atoms with Gasteiger partial charge < -0.3 is 19.6 Å². The molecule has 0 saturated carbocycles. The lowest BCUT2D eigenvalue weighted by molar-refractivity contribution is -0.129. The third-order valence-corrected chi connectivity index (χ3v) is 6.48. The molecule has 2 aliphatic rings. The highest BCUT2D eigenvalue weighted by Gasteiger charge is 2.33. The highest BCUT2D eigenvalue weighted by molar-refractivity contribution is 5.96. The van der Waals surface area contributed by atoms with E-state index in [0.717, 1.165) is 35.7 Å². The first kappa shape index (κ1) is 22.2. The number of likely N-dealkylation sites (tertiary alicyclic amines) is 1. The molecule has 2 aromatic rings. The second kappa shape index (κ2) is 8.88. The lowest BCUT2D eigenvalue weighted by Crippen LogP contribution is -2.40. The first-order chi connectivity index (χ1) is 15.3. The van der Waals surface area contributed by atoms with Crippen LogP contribution in [0.3, 0.4) is 0 Å². The number of fused-ring (bicyclic) bond motifs is 1. The van der Waals surface area contributed by atoms with Crippen LogP contribution in [0.5, 0.6) is 0 Å². The number of nitrogens with one attached hydrogen (secondary N) is 1. The van der Waals surface area contributed by atoms with Crippen LogP contribution in [0.15, 0.2) is 4.52 Å². The Bertz CT molecular complexity index is 1010. The van der Waals surface area contributed by atoms with Gasteiger partial charge in [-0.15, -0.1) is 0 Å². The van der Waals surface area contributed by atoms with E-state index in [2.05, 4.69) is 10.5 Å². The molecule has 2 aliphatic heterocycles. The summed E-state index contributed by atoms with van der Waals surface area (Å²) in [6.07, 6.45) is 2.54. The van der Waals surface area contributed by atoms with E-state index in [1.807, 2.05) is 30.7 Å². The van der Waals surface area contributed by atoms with Crippen molar-refractivity contribution in [1.82, 2.24) is 24.9 Å². The zero-order valence-electron chi connectivity index (χ0n) is 19.6. The van der Waals surface area contributed by atoms with Gasteiger partial charge >= 0.3 is 0 Å². The van der Waals surface area contributed by atoms with Crippen molar-refractivity contribution in [3.63, 3.8) is 0 Å². The fraction of sp³-hybridized carbons (Fsp3) is 0.609. The molecule has 2 aromatic heterocycles. The van der Waals surface area contributed by atoms with E-state index < -0.39 is 0 Å². The molecule has 0 aromatic carbocycles. The molecule has 0 radical (unpaired) electrons. The van der Waals surface area contributed by atoms with Crippen molar-refractivity contribution in [1.29, 1.82) is 0 Å². The average molecular weight is 441 g/mol. The number of hydrogen-bond donors (Lipinski definition) is 1. The number of amides is 2. The van der Waals surface area contributed by atoms with Crippen LogP contribution >= 0.6 is 0 Å². The minimum atomic E-state index is -0.0268. The van der Waals surface area contributed by atoms with Crippen molar-refractivity contribution >= 4 is 17.6 Å². The van der Waals surface area contributed by atoms with Gasteiger partial charge in [0.05, 0.1) is 17.9 Å². The summed E-state index contributed by atoms with van der Waals surface area (Å²) >= 11 is 0. The zero-order valence-corrected chi connectivity index (χ0v) is 19.6. The van der Waals surface area contributed by atoms with E-state index in [9.17, 15) is 9.59 Å². The molecule has 0 aliphatic carbocycles. The molecule has 4 rings (SSSR count). The number of nitrogens with zero attached hydrogens (tertiary/aromatic N) is 5. The summed E-state index contributed by atoms with van der Waals surface area (Å²) in [4.78, 5) is 38.6. The van der Waals surface area contributed by atoms with E-state index in [-0.39, 0.29) is 23.7 Å². The van der Waals surface area contributed by atoms with Crippen LogP contribution in [-0.4, -0.2) is 63.4 Å². The maximum absolute atomic E-state index is 13.4. The van der Waals surface area contributed by atoms with Gasteiger partial charge in [-0.3, -0.25) is 9.59 Å². The van der Waals surface area contributed by atoms with Crippen molar-refractivity contribution in [2.45, 2.75) is 65.3 Å². The minimum Gasteiger partial charge on any atom is -0.373 e. The average Bonchev–Trinajstić information content (AvgIpc) is 3.19. The third kappa shape index (κ3) is 4.08. The van der Waals surface area contributed by atoms with Crippen LogP contribution < -0.4 is 5.32 Å². The summed E-state index contributed by atoms with van der Waals surface area (Å²) in [5, 5.41) is 7.30. The van der Waals surface area contributed by atoms with Crippen molar-refractivity contribution in [2.24, 2.45) is 0 Å². The van der Waals surface area contributed by atoms with Crippen molar-refractivity contribution < 1.29 is 14.1 Å². The Morgan fingerprint density at radius 1 is 1.19 bits per heavy atom. The van der Waals surface area contributed by atoms with Gasteiger partial charge in [0.15, 0.2) is 0 Å². The molecule has 32 heavy (non-hydrogen) atoms. The van der Waals surface area contributed by atoms with Crippen LogP contribution in [0.2, 0.25) is 0 Å². The SMILES string of the molecule is CNc1nc([C@@H]2CCCN(C(=O)c3c(C(C)C)noc3C)C2)nc2c1CN(C(C)=O)CC2. The van der Waals surface area contributed by atoms with Crippen molar-refractivity contribution in [2.75, 3.05) is 32.0 Å². The molecule has 0 spiro atoms. The van der Waals surface area contributed by atoms with Gasteiger partial charge in [0, 0.05) is 51.5 Å². The molecule has 4 heterocycles. The summed E-state index contributed by atoms with van der Waals surface area (Å²) in [7, 11) is 1.85. The van der Waals surface area contributed by atoms with E-state index in [1.54, 1.807) is 13.8 Å². The number of carbonyl (C=O) groups is 2. The number of rotatable bonds is 4. The Balaban J connectivity index is 1.58. The molecule has 0 unspecified atom stereocenters. The lowest BCUT2D eigenvalue weighted by Gasteiger charge is -2.33. The topological polar surface area (TPSA) is 104 Å². The van der Waals surface area contributed by atoms with E-state index in [0.29, 0.717) is 49.6 Å². The highest BCUT2D eigenvalue weighted by Crippen LogP contribution is 2.31. The van der Waals surface area contributed by atoms with Gasteiger partial charge in [-0.05, 0) is 25.7 Å². The van der Waals surface area contributed by atoms with Gasteiger partial charge in [0.25, 0.3) is 5.91 Å². The Kier molecular flexibility index (Phi) is 6.17. The van der Waals surface area contributed by atoms with Gasteiger partial charge in [0.1, 0.15) is 23.0 Å². The highest BCUT2D eigenvalue weighted by atomic mass is 16.5. The summed E-state index contributed by atoms with van der Waals surface area (Å²) in [6, 6.07) is 0. The summed E-state index contributed by atoms with van der Waals surface area (Å²) in [5.74, 6) is 2.33. The van der Waals surface area contributed by atoms with E-state index >= 15 is 0 Å². The molecular weight excluding hydrogens is 408 g/mol. The zero-order chi connectivity index (χ0) is 23.0. The van der Waals surface area contributed by atoms with Crippen LogP contribution in [0.25, 0.3) is 0 Å². The Morgan fingerprint density at radius 2 is 1.97 bits per heavy atom. The van der Waals surface area contributed by atoms with Crippen LogP contribution in [0.1, 0.15) is 84.3 Å². The van der Waals surface area contributed by atoms with E-state index in [4.69, 9.17) is 14.5 Å². The van der Waals surface area contributed by atoms with Crippen LogP contribution in [0, 0.1) is 6.92 Å². The normalized spacial score (nSPS) is 18.6. The molecule has 1 N–H and O–H groups in total. The van der Waals surface area contributed by atoms with Crippen LogP contribution in [0.4, 0.5) is 5.82 Å². The first-order valence-electron chi connectivity index (χ1n) is 11.4. The maximum Gasteiger partial charge on any atom is 0.259 e. The van der Waals surface area contributed by atoms with Crippen molar-refractivity contribution in [3.05, 3.63) is 34.1 Å². The largest absolute Gasteiger partial charge is 0.373 e. The van der Waals surface area contributed by atoms with Crippen LogP contribution in [-0.2, 0) is 17.8 Å². The van der Waals surface area contributed by atoms with Gasteiger partial charge in [-0.1, -0.05) is 19.0 Å². The van der Waals surface area contributed by atoms with E-state index in [1.165, 1.54) is 0 Å². The van der Waals surface area contributed by atoms with Gasteiger partial charge in [-0.2, -0.15) is 0 Å². The molecule has 1 atom stereocenters. The third-order valence-electron chi connectivity index (χ3n) is 6.48. The molecule has 9 nitrogen and oxygen atoms in total. The van der Waals surface area contributed by atoms with Crippen molar-refractivity contribution in [3.8, 4) is 0 Å². The molecule has 172 valence electrons. The number of aryl methyl sites for hydroxylation is 1. The maximum atomic E-state index is 13.4. The van der Waals surface area contributed by atoms with Gasteiger partial charge in [0.2, 0.25) is 5.91 Å². The second-order valence-electron chi connectivity index (χ2n) is 9.04. The summed E-state index contributed by atoms with van der Waals surface area (Å²) < 4.78 is 5.34. The lowest BCUT2D eigenvalue weighted by atomic mass is 9.95. The molecule has 0 bridgehead atoms. The molecule has 1 fully saturated rings. The number of hydrogen-bond acceptors (Lipinski definition) is 7. The number of anilines is 1. The number of piperidine rings is 1. The summed E-state index contributed by atoms with van der Waals surface area (Å²) in [5.41, 5.74) is 3.29. The number of aromatic nitrogens is 3. The predicted molar refractivity (Wildman–Crippen MR) is 120 cm³/mol. The quantitative estimate of drug-likeness (QED) is 0.779. The molecule has 2 amide bonds. The molecule has 9 heteroatoms. The fourth-order valence-electron chi connectivity index (χ4n) is 4.67. The smallest absolute Gasteiger partial charge is 0.259 e. The summed E-state index contributed by atoms with van der Waals surface area (Å²) in [6.45, 7) is 9.89. The van der Waals surface area contributed by atoms with Gasteiger partial charge in [-0.25, -0.2) is 9.97 Å². The Hall–Kier alpha value is -2.97. The number of carbonyl (C=O) groups excluding carboxylic acids is 2. The fourth-order valence-corrected chi connectivity index (χ4v) is 4.67. The molecular formula is C23H32N6O3. The Labute approximate surface area is 188 Å². The molecule has 1 saturated heterocycles. The Morgan fingerprint density at radius 3 is 2.66 bits per heavy atom. The second-order valence-corrected chi connectivity index (χ2v) is 9.04. The minimum absolute atomic E-state index is 0.0268. The monoisotopic (exact) mass is 440 g/mol. The predicted octanol–water partition coefficient (Wildman–Crippen LogP) is 2.86. The standard InChI is InChI=1S/C23H32N6O3/c1-13(2)20-19(14(3)32-27-20)23(31)29-9-6-7-16(11-29)21-25-18-8-10-28(15(4)30)12-17(18)22(24-5)26-21/h13,16H,6-12H2,1-5H3,(H,24,25,26)/t16-/m1/s1.